The highest BCUT2D eigenvalue weighted by atomic mass is 16.4. The average Bonchev–Trinajstić information content (AvgIpc) is 2.65. The number of hydrogen-bond acceptors (Lipinski definition) is 3. The van der Waals surface area contributed by atoms with Crippen molar-refractivity contribution in [2.75, 3.05) is 0 Å². The van der Waals surface area contributed by atoms with Crippen molar-refractivity contribution in [2.45, 2.75) is 39.3 Å². The van der Waals surface area contributed by atoms with Crippen LogP contribution >= 0.6 is 0 Å². The molecule has 0 saturated carbocycles. The monoisotopic (exact) mass is 225 g/mol. The molecule has 1 amide bonds. The number of nitrogens with one attached hydrogen (secondary N) is 1. The molecule has 16 heavy (non-hydrogen) atoms. The summed E-state index contributed by atoms with van der Waals surface area (Å²) in [6.07, 6.45) is 0.574. The summed E-state index contributed by atoms with van der Waals surface area (Å²) >= 11 is 0. The fourth-order valence-electron chi connectivity index (χ4n) is 1.33. The Bertz CT molecular complexity index is 338. The summed E-state index contributed by atoms with van der Waals surface area (Å²) in [6, 6.07) is 3.35. The van der Waals surface area contributed by atoms with Crippen molar-refractivity contribution < 1.29 is 14.3 Å². The number of aliphatic hydroxyl groups excluding tert-OH is 1. The van der Waals surface area contributed by atoms with E-state index in [9.17, 15) is 9.90 Å². The molecule has 0 saturated heterocycles. The first-order valence-electron chi connectivity index (χ1n) is 5.35. The maximum Gasteiger partial charge on any atom is 0.226 e. The molecular weight excluding hydrogens is 206 g/mol. The van der Waals surface area contributed by atoms with E-state index in [1.165, 1.54) is 6.26 Å². The van der Waals surface area contributed by atoms with Crippen molar-refractivity contribution in [1.29, 1.82) is 0 Å². The number of aliphatic hydroxyl groups is 1. The summed E-state index contributed by atoms with van der Waals surface area (Å²) in [6.45, 7) is 7.37. The van der Waals surface area contributed by atoms with E-state index >= 15 is 0 Å². The third-order valence-corrected chi connectivity index (χ3v) is 2.22. The topological polar surface area (TPSA) is 62.5 Å². The normalized spacial score (nSPS) is 15.6. The molecule has 0 spiro atoms. The summed E-state index contributed by atoms with van der Waals surface area (Å²) in [5.41, 5.74) is -0.297. The van der Waals surface area contributed by atoms with Crippen LogP contribution in [0.15, 0.2) is 22.8 Å². The number of hydrogen-bond donors (Lipinski definition) is 2. The predicted molar refractivity (Wildman–Crippen MR) is 60.7 cm³/mol. The largest absolute Gasteiger partial charge is 0.467 e. The van der Waals surface area contributed by atoms with Gasteiger partial charge in [-0.3, -0.25) is 4.79 Å². The van der Waals surface area contributed by atoms with E-state index in [0.29, 0.717) is 5.76 Å². The number of carbonyl (C=O) groups is 1. The van der Waals surface area contributed by atoms with Crippen molar-refractivity contribution in [1.82, 2.24) is 5.32 Å². The lowest BCUT2D eigenvalue weighted by atomic mass is 9.99. The summed E-state index contributed by atoms with van der Waals surface area (Å²) in [4.78, 5) is 11.8. The van der Waals surface area contributed by atoms with Crippen molar-refractivity contribution in [3.63, 3.8) is 0 Å². The van der Waals surface area contributed by atoms with Crippen LogP contribution in [-0.4, -0.2) is 16.6 Å². The maximum absolute atomic E-state index is 11.8. The minimum atomic E-state index is -0.905. The first-order chi connectivity index (χ1) is 7.31. The van der Waals surface area contributed by atoms with E-state index in [-0.39, 0.29) is 11.4 Å². The van der Waals surface area contributed by atoms with Gasteiger partial charge in [0.2, 0.25) is 5.91 Å². The molecule has 0 unspecified atom stereocenters. The second-order valence-electron chi connectivity index (χ2n) is 4.99. The molecule has 1 heterocycles. The zero-order valence-corrected chi connectivity index (χ0v) is 10.2. The molecule has 2 N–H and O–H groups in total. The average molecular weight is 225 g/mol. The maximum atomic E-state index is 11.8. The van der Waals surface area contributed by atoms with E-state index in [1.54, 1.807) is 19.1 Å². The van der Waals surface area contributed by atoms with Gasteiger partial charge in [-0.1, -0.05) is 6.92 Å². The van der Waals surface area contributed by atoms with Crippen LogP contribution in [0.1, 0.15) is 39.6 Å². The molecule has 0 aromatic carbocycles. The Morgan fingerprint density at radius 3 is 2.56 bits per heavy atom. The highest BCUT2D eigenvalue weighted by Crippen LogP contribution is 2.22. The van der Waals surface area contributed by atoms with Gasteiger partial charge < -0.3 is 14.8 Å². The van der Waals surface area contributed by atoms with Gasteiger partial charge in [-0.05, 0) is 32.9 Å². The van der Waals surface area contributed by atoms with E-state index in [1.807, 2.05) is 20.8 Å². The van der Waals surface area contributed by atoms with Gasteiger partial charge in [0.05, 0.1) is 12.2 Å². The Kier molecular flexibility index (Phi) is 3.75. The Hall–Kier alpha value is -1.29. The Labute approximate surface area is 95.7 Å². The molecule has 0 aliphatic heterocycles. The Balaban J connectivity index is 2.64. The van der Waals surface area contributed by atoms with E-state index in [0.717, 1.165) is 0 Å². The number of amides is 1. The van der Waals surface area contributed by atoms with Gasteiger partial charge in [0.1, 0.15) is 11.9 Å². The van der Waals surface area contributed by atoms with E-state index in [2.05, 4.69) is 5.32 Å². The zero-order chi connectivity index (χ0) is 12.3. The van der Waals surface area contributed by atoms with Crippen LogP contribution in [0.25, 0.3) is 0 Å². The summed E-state index contributed by atoms with van der Waals surface area (Å²) in [5, 5.41) is 12.7. The zero-order valence-electron chi connectivity index (χ0n) is 10.2. The highest BCUT2D eigenvalue weighted by molar-refractivity contribution is 5.79. The summed E-state index contributed by atoms with van der Waals surface area (Å²) in [5.74, 6) is -0.307. The third-order valence-electron chi connectivity index (χ3n) is 2.22. The van der Waals surface area contributed by atoms with Crippen LogP contribution in [-0.2, 0) is 4.79 Å². The summed E-state index contributed by atoms with van der Waals surface area (Å²) < 4.78 is 5.07. The van der Waals surface area contributed by atoms with Crippen molar-refractivity contribution >= 4 is 5.91 Å². The molecule has 4 nitrogen and oxygen atoms in total. The molecular formula is C12H19NO3. The van der Waals surface area contributed by atoms with Crippen LogP contribution in [0.2, 0.25) is 0 Å². The lowest BCUT2D eigenvalue weighted by molar-refractivity contribution is -0.129. The second kappa shape index (κ2) is 4.70. The quantitative estimate of drug-likeness (QED) is 0.825. The minimum Gasteiger partial charge on any atom is -0.467 e. The number of furan rings is 1. The van der Waals surface area contributed by atoms with Crippen molar-refractivity contribution in [2.24, 2.45) is 5.92 Å². The van der Waals surface area contributed by atoms with Gasteiger partial charge in [-0.25, -0.2) is 0 Å². The third kappa shape index (κ3) is 3.38. The van der Waals surface area contributed by atoms with Crippen LogP contribution in [0.3, 0.4) is 0 Å². The highest BCUT2D eigenvalue weighted by Gasteiger charge is 2.27. The van der Waals surface area contributed by atoms with Gasteiger partial charge >= 0.3 is 0 Å². The van der Waals surface area contributed by atoms with Gasteiger partial charge in [-0.15, -0.1) is 0 Å². The number of carbonyl (C=O) groups excluding carboxylic acids is 1. The van der Waals surface area contributed by atoms with Gasteiger partial charge in [-0.2, -0.15) is 0 Å². The van der Waals surface area contributed by atoms with Crippen molar-refractivity contribution in [3.8, 4) is 0 Å². The molecule has 1 rings (SSSR count). The molecule has 90 valence electrons. The number of rotatable bonds is 3. The molecule has 2 atom stereocenters. The smallest absolute Gasteiger partial charge is 0.226 e. The van der Waals surface area contributed by atoms with Gasteiger partial charge in [0.25, 0.3) is 0 Å². The van der Waals surface area contributed by atoms with Crippen LogP contribution in [0.4, 0.5) is 0 Å². The fourth-order valence-corrected chi connectivity index (χ4v) is 1.33. The van der Waals surface area contributed by atoms with Crippen molar-refractivity contribution in [3.05, 3.63) is 24.2 Å². The molecule has 0 bridgehead atoms. The molecule has 1 aromatic heterocycles. The van der Waals surface area contributed by atoms with Gasteiger partial charge in [0.15, 0.2) is 0 Å². The summed E-state index contributed by atoms with van der Waals surface area (Å²) in [7, 11) is 0. The first kappa shape index (κ1) is 12.8. The Morgan fingerprint density at radius 1 is 1.50 bits per heavy atom. The SMILES string of the molecule is C[C@H](C(=O)NC(C)(C)C)[C@H](O)c1ccco1. The van der Waals surface area contributed by atoms with Crippen LogP contribution < -0.4 is 5.32 Å². The molecule has 0 aliphatic rings. The van der Waals surface area contributed by atoms with Crippen LogP contribution in [0, 0.1) is 5.92 Å². The predicted octanol–water partition coefficient (Wildman–Crippen LogP) is 1.86. The van der Waals surface area contributed by atoms with E-state index in [4.69, 9.17) is 4.42 Å². The van der Waals surface area contributed by atoms with Crippen LogP contribution in [0.5, 0.6) is 0 Å². The fraction of sp³-hybridized carbons (Fsp3) is 0.583. The first-order valence-corrected chi connectivity index (χ1v) is 5.35. The molecule has 0 radical (unpaired) electrons. The lowest BCUT2D eigenvalue weighted by Gasteiger charge is -2.24. The van der Waals surface area contributed by atoms with E-state index < -0.39 is 12.0 Å². The second-order valence-corrected chi connectivity index (χ2v) is 4.99. The molecule has 1 aromatic rings. The molecule has 4 heteroatoms. The molecule has 0 aliphatic carbocycles. The Morgan fingerprint density at radius 2 is 2.12 bits per heavy atom. The standard InChI is InChI=1S/C12H19NO3/c1-8(11(15)13-12(2,3)4)10(14)9-6-5-7-16-9/h5-8,10,14H,1-4H3,(H,13,15)/t8-,10-/m0/s1. The van der Waals surface area contributed by atoms with Gasteiger partial charge in [0, 0.05) is 5.54 Å². The molecule has 0 fully saturated rings. The minimum absolute atomic E-state index is 0.184. The lowest BCUT2D eigenvalue weighted by Crippen LogP contribution is -2.44.